The maximum Gasteiger partial charge on any atom is 0.223 e. The molecule has 1 aromatic heterocycles. The van der Waals surface area contributed by atoms with Crippen LogP contribution in [0.1, 0.15) is 17.6 Å². The Kier molecular flexibility index (Phi) is 5.15. The lowest BCUT2D eigenvalue weighted by Gasteiger charge is -2.15. The summed E-state index contributed by atoms with van der Waals surface area (Å²) in [6.45, 7) is 0. The molecule has 3 nitrogen and oxygen atoms in total. The van der Waals surface area contributed by atoms with Gasteiger partial charge in [-0.3, -0.25) is 4.99 Å². The predicted octanol–water partition coefficient (Wildman–Crippen LogP) is 5.20. The molecule has 0 saturated heterocycles. The van der Waals surface area contributed by atoms with Gasteiger partial charge in [0, 0.05) is 4.47 Å². The van der Waals surface area contributed by atoms with E-state index in [1.807, 2.05) is 24.3 Å². The van der Waals surface area contributed by atoms with Crippen LogP contribution < -0.4 is 0 Å². The minimum Gasteiger partial charge on any atom is -0.457 e. The molecule has 0 aliphatic rings. The maximum absolute atomic E-state index is 9.75. The second-order valence-electron chi connectivity index (χ2n) is 3.92. The lowest BCUT2D eigenvalue weighted by atomic mass is 10.3. The summed E-state index contributed by atoms with van der Waals surface area (Å²) in [6, 6.07) is 10.6. The first-order valence-electron chi connectivity index (χ1n) is 5.50. The van der Waals surface area contributed by atoms with Crippen molar-refractivity contribution in [2.75, 3.05) is 0 Å². The van der Waals surface area contributed by atoms with Crippen molar-refractivity contribution in [1.82, 2.24) is 0 Å². The molecule has 0 unspecified atom stereocenters. The molecule has 0 spiro atoms. The van der Waals surface area contributed by atoms with E-state index in [1.54, 1.807) is 6.07 Å². The second kappa shape index (κ2) is 6.50. The predicted molar refractivity (Wildman–Crippen MR) is 85.4 cm³/mol. The summed E-state index contributed by atoms with van der Waals surface area (Å²) in [5.74, 6) is 0.624. The molecule has 1 N–H and O–H groups in total. The van der Waals surface area contributed by atoms with Gasteiger partial charge in [0.15, 0.2) is 6.10 Å². The first kappa shape index (κ1) is 15.9. The SMILES string of the molecule is O[C@H](c1ccc(C=Nc2ccc(Br)cc2)o1)C(Cl)(Cl)Cl. The van der Waals surface area contributed by atoms with Gasteiger partial charge in [-0.25, -0.2) is 0 Å². The van der Waals surface area contributed by atoms with Crippen molar-refractivity contribution in [2.45, 2.75) is 9.90 Å². The molecule has 1 atom stereocenters. The van der Waals surface area contributed by atoms with E-state index in [9.17, 15) is 5.11 Å². The summed E-state index contributed by atoms with van der Waals surface area (Å²) in [7, 11) is 0. The third-order valence-corrected chi connectivity index (χ3v) is 3.54. The molecule has 0 bridgehead atoms. The molecule has 0 amide bonds. The Morgan fingerprint density at radius 1 is 1.15 bits per heavy atom. The summed E-state index contributed by atoms with van der Waals surface area (Å²) in [5, 5.41) is 9.75. The maximum atomic E-state index is 9.75. The molecule has 0 aliphatic heterocycles. The van der Waals surface area contributed by atoms with Crippen LogP contribution in [0.15, 0.2) is 50.3 Å². The van der Waals surface area contributed by atoms with Crippen LogP contribution in [0.2, 0.25) is 0 Å². The number of furan rings is 1. The fraction of sp³-hybridized carbons (Fsp3) is 0.154. The van der Waals surface area contributed by atoms with Crippen LogP contribution in [-0.2, 0) is 0 Å². The summed E-state index contributed by atoms with van der Waals surface area (Å²) in [4.78, 5) is 4.23. The molecule has 0 saturated carbocycles. The van der Waals surface area contributed by atoms with Crippen molar-refractivity contribution < 1.29 is 9.52 Å². The zero-order valence-electron chi connectivity index (χ0n) is 9.93. The standard InChI is InChI=1S/C13H9BrCl3NO2/c14-8-1-3-9(4-2-8)18-7-10-5-6-11(20-10)12(19)13(15,16)17/h1-7,12,19H/t12-/m1/s1. The molecule has 1 aromatic carbocycles. The second-order valence-corrected chi connectivity index (χ2v) is 7.20. The Morgan fingerprint density at radius 2 is 1.80 bits per heavy atom. The van der Waals surface area contributed by atoms with E-state index in [4.69, 9.17) is 39.2 Å². The van der Waals surface area contributed by atoms with Crippen molar-refractivity contribution in [3.63, 3.8) is 0 Å². The zero-order valence-corrected chi connectivity index (χ0v) is 13.8. The number of aliphatic hydroxyl groups is 1. The minimum absolute atomic E-state index is 0.169. The first-order valence-corrected chi connectivity index (χ1v) is 7.43. The summed E-state index contributed by atoms with van der Waals surface area (Å²) in [6.07, 6.45) is 0.194. The van der Waals surface area contributed by atoms with E-state index in [1.165, 1.54) is 12.3 Å². The molecule has 106 valence electrons. The van der Waals surface area contributed by atoms with Gasteiger partial charge in [-0.15, -0.1) is 0 Å². The summed E-state index contributed by atoms with van der Waals surface area (Å²) < 4.78 is 4.49. The van der Waals surface area contributed by atoms with Gasteiger partial charge in [-0.05, 0) is 36.4 Å². The number of halogens is 4. The minimum atomic E-state index is -1.84. The fourth-order valence-corrected chi connectivity index (χ4v) is 2.00. The lowest BCUT2D eigenvalue weighted by Crippen LogP contribution is -2.15. The van der Waals surface area contributed by atoms with Crippen molar-refractivity contribution in [1.29, 1.82) is 0 Å². The quantitative estimate of drug-likeness (QED) is 0.572. The van der Waals surface area contributed by atoms with Crippen molar-refractivity contribution in [3.8, 4) is 0 Å². The largest absolute Gasteiger partial charge is 0.457 e. The van der Waals surface area contributed by atoms with E-state index in [0.29, 0.717) is 5.76 Å². The smallest absolute Gasteiger partial charge is 0.223 e. The molecule has 2 rings (SSSR count). The van der Waals surface area contributed by atoms with E-state index in [-0.39, 0.29) is 5.76 Å². The Balaban J connectivity index is 2.12. The fourth-order valence-electron chi connectivity index (χ4n) is 1.41. The Hall–Kier alpha value is -0.520. The highest BCUT2D eigenvalue weighted by Gasteiger charge is 2.34. The van der Waals surface area contributed by atoms with Gasteiger partial charge in [0.1, 0.15) is 11.5 Å². The number of benzene rings is 1. The van der Waals surface area contributed by atoms with Gasteiger partial charge < -0.3 is 9.52 Å². The average Bonchev–Trinajstić information content (AvgIpc) is 2.85. The molecule has 20 heavy (non-hydrogen) atoms. The van der Waals surface area contributed by atoms with Crippen LogP contribution in [0.3, 0.4) is 0 Å². The van der Waals surface area contributed by atoms with Crippen LogP contribution in [0, 0.1) is 0 Å². The highest BCUT2D eigenvalue weighted by Crippen LogP contribution is 2.39. The highest BCUT2D eigenvalue weighted by atomic mass is 79.9. The van der Waals surface area contributed by atoms with Gasteiger partial charge in [-0.2, -0.15) is 0 Å². The molecule has 0 fully saturated rings. The molecule has 1 heterocycles. The molecular formula is C13H9BrCl3NO2. The summed E-state index contributed by atoms with van der Waals surface area (Å²) in [5.41, 5.74) is 0.771. The van der Waals surface area contributed by atoms with Crippen LogP contribution >= 0.6 is 50.7 Å². The van der Waals surface area contributed by atoms with Crippen LogP contribution in [0.4, 0.5) is 5.69 Å². The molecule has 2 aromatic rings. The number of aliphatic hydroxyl groups excluding tert-OH is 1. The number of hydrogen-bond acceptors (Lipinski definition) is 3. The van der Waals surface area contributed by atoms with Gasteiger partial charge in [0.2, 0.25) is 3.79 Å². The number of aliphatic imine (C=N–C) groups is 1. The number of hydrogen-bond donors (Lipinski definition) is 1. The van der Waals surface area contributed by atoms with Crippen LogP contribution in [0.5, 0.6) is 0 Å². The zero-order chi connectivity index (χ0) is 14.8. The van der Waals surface area contributed by atoms with Gasteiger partial charge in [0.25, 0.3) is 0 Å². The molecule has 0 aliphatic carbocycles. The van der Waals surface area contributed by atoms with Gasteiger partial charge in [-0.1, -0.05) is 50.7 Å². The lowest BCUT2D eigenvalue weighted by molar-refractivity contribution is 0.153. The van der Waals surface area contributed by atoms with Crippen molar-refractivity contribution in [3.05, 3.63) is 52.4 Å². The summed E-state index contributed by atoms with van der Waals surface area (Å²) >= 11 is 20.1. The van der Waals surface area contributed by atoms with Gasteiger partial charge >= 0.3 is 0 Å². The Labute approximate surface area is 139 Å². The first-order chi connectivity index (χ1) is 9.36. The third kappa shape index (κ3) is 4.24. The Bertz CT molecular complexity index is 605. The van der Waals surface area contributed by atoms with E-state index >= 15 is 0 Å². The number of alkyl halides is 3. The van der Waals surface area contributed by atoms with Crippen molar-refractivity contribution in [2.24, 2.45) is 4.99 Å². The third-order valence-electron chi connectivity index (χ3n) is 2.39. The number of nitrogens with zero attached hydrogens (tertiary/aromatic N) is 1. The topological polar surface area (TPSA) is 45.7 Å². The molecule has 0 radical (unpaired) electrons. The monoisotopic (exact) mass is 395 g/mol. The number of rotatable bonds is 3. The highest BCUT2D eigenvalue weighted by molar-refractivity contribution is 9.10. The van der Waals surface area contributed by atoms with E-state index in [2.05, 4.69) is 20.9 Å². The Morgan fingerprint density at radius 3 is 2.40 bits per heavy atom. The molecule has 7 heteroatoms. The van der Waals surface area contributed by atoms with E-state index in [0.717, 1.165) is 10.2 Å². The van der Waals surface area contributed by atoms with Crippen LogP contribution in [-0.4, -0.2) is 15.1 Å². The van der Waals surface area contributed by atoms with E-state index < -0.39 is 9.90 Å². The average molecular weight is 397 g/mol. The molecular weight excluding hydrogens is 388 g/mol. The van der Waals surface area contributed by atoms with Gasteiger partial charge in [0.05, 0.1) is 11.9 Å². The van der Waals surface area contributed by atoms with Crippen LogP contribution in [0.25, 0.3) is 0 Å². The van der Waals surface area contributed by atoms with Crippen molar-refractivity contribution >= 4 is 62.6 Å². The normalized spacial score (nSPS) is 13.8.